The lowest BCUT2D eigenvalue weighted by Crippen LogP contribution is -2.28. The van der Waals surface area contributed by atoms with Crippen molar-refractivity contribution in [2.45, 2.75) is 66.2 Å². The Morgan fingerprint density at radius 2 is 1.33 bits per heavy atom. The highest BCUT2D eigenvalue weighted by atomic mass is 14.4. The topological polar surface area (TPSA) is 0 Å². The van der Waals surface area contributed by atoms with Gasteiger partial charge in [-0.15, -0.1) is 12.8 Å². The van der Waals surface area contributed by atoms with E-state index in [9.17, 15) is 0 Å². The molecule has 0 bridgehead atoms. The van der Waals surface area contributed by atoms with Gasteiger partial charge in [-0.2, -0.15) is 0 Å². The van der Waals surface area contributed by atoms with Crippen LogP contribution in [0.3, 0.4) is 0 Å². The maximum absolute atomic E-state index is 4.00. The van der Waals surface area contributed by atoms with Crippen molar-refractivity contribution in [3.63, 3.8) is 0 Å². The summed E-state index contributed by atoms with van der Waals surface area (Å²) in [5, 5.41) is 0. The monoisotopic (exact) mass is 400 g/mol. The highest BCUT2D eigenvalue weighted by Gasteiger charge is 2.34. The van der Waals surface area contributed by atoms with E-state index in [1.165, 1.54) is 42.4 Å². The van der Waals surface area contributed by atoms with E-state index in [4.69, 9.17) is 0 Å². The normalized spacial score (nSPS) is 19.8. The minimum atomic E-state index is 0.638. The Kier molecular flexibility index (Phi) is 12.3. The second-order valence-corrected chi connectivity index (χ2v) is 8.06. The molecule has 0 saturated heterocycles. The first kappa shape index (κ1) is 25.5. The number of rotatable bonds is 3. The molecule has 1 atom stereocenters. The van der Waals surface area contributed by atoms with Gasteiger partial charge in [0, 0.05) is 5.92 Å². The van der Waals surface area contributed by atoms with E-state index in [0.29, 0.717) is 5.92 Å². The van der Waals surface area contributed by atoms with Crippen molar-refractivity contribution in [3.8, 4) is 12.8 Å². The van der Waals surface area contributed by atoms with E-state index in [-0.39, 0.29) is 0 Å². The third kappa shape index (κ3) is 8.08. The summed E-state index contributed by atoms with van der Waals surface area (Å²) in [7, 11) is 0. The Balaban J connectivity index is 0.000000315. The lowest BCUT2D eigenvalue weighted by atomic mass is 9.65. The van der Waals surface area contributed by atoms with Crippen molar-refractivity contribution in [2.24, 2.45) is 11.8 Å². The summed E-state index contributed by atoms with van der Waals surface area (Å²) < 4.78 is 0. The summed E-state index contributed by atoms with van der Waals surface area (Å²) in [6.45, 7) is 10.6. The molecule has 160 valence electrons. The molecule has 0 aromatic heterocycles. The molecule has 0 spiro atoms. The zero-order valence-corrected chi connectivity index (χ0v) is 19.6. The van der Waals surface area contributed by atoms with E-state index in [2.05, 4.69) is 106 Å². The standard InChI is InChI=1S/C18H22.C8H10.C2H6.C2H2/c1-14-12-17(13-14)18(15-8-4-2-5-9-15)16-10-6-3-7-11-16;1-7-3-5-8(2)6-4-7;2*1-2/h2,4-6,8-11,14,17-18H,3,7,12-13H2,1H3;3-6H,1-2H3;1-2H3;1-2H. The maximum atomic E-state index is 4.00. The first-order valence-electron chi connectivity index (χ1n) is 11.4. The predicted octanol–water partition coefficient (Wildman–Crippen LogP) is 8.67. The molecule has 0 N–H and O–H groups in total. The molecule has 2 aromatic carbocycles. The SMILES string of the molecule is C#C.CC.CC1CC(C(C2=CCCC=C2)c2ccccc2)C1.Cc1ccc(C)cc1. The molecule has 1 saturated carbocycles. The maximum Gasteiger partial charge on any atom is 0.0114 e. The van der Waals surface area contributed by atoms with Crippen LogP contribution in [0.5, 0.6) is 0 Å². The van der Waals surface area contributed by atoms with Gasteiger partial charge in [-0.05, 0) is 62.5 Å². The molecule has 0 heteroatoms. The Labute approximate surface area is 186 Å². The highest BCUT2D eigenvalue weighted by Crippen LogP contribution is 2.47. The van der Waals surface area contributed by atoms with Gasteiger partial charge in [0.2, 0.25) is 0 Å². The van der Waals surface area contributed by atoms with Crippen LogP contribution in [0.25, 0.3) is 0 Å². The zero-order chi connectivity index (χ0) is 22.4. The van der Waals surface area contributed by atoms with Crippen molar-refractivity contribution < 1.29 is 0 Å². The van der Waals surface area contributed by atoms with Crippen molar-refractivity contribution in [1.29, 1.82) is 0 Å². The van der Waals surface area contributed by atoms with Crippen LogP contribution in [0.1, 0.15) is 69.1 Å². The van der Waals surface area contributed by atoms with E-state index in [1.54, 1.807) is 5.57 Å². The number of aryl methyl sites for hydroxylation is 2. The van der Waals surface area contributed by atoms with E-state index >= 15 is 0 Å². The molecule has 2 aliphatic carbocycles. The molecule has 30 heavy (non-hydrogen) atoms. The van der Waals surface area contributed by atoms with Crippen molar-refractivity contribution in [3.05, 3.63) is 95.1 Å². The first-order valence-corrected chi connectivity index (χ1v) is 11.4. The smallest absolute Gasteiger partial charge is 0.0114 e. The Bertz CT molecular complexity index is 747. The lowest BCUT2D eigenvalue weighted by Gasteiger charge is -2.40. The molecule has 4 rings (SSSR count). The van der Waals surface area contributed by atoms with Gasteiger partial charge in [-0.1, -0.05) is 105 Å². The van der Waals surface area contributed by atoms with Gasteiger partial charge < -0.3 is 0 Å². The van der Waals surface area contributed by atoms with Gasteiger partial charge >= 0.3 is 0 Å². The summed E-state index contributed by atoms with van der Waals surface area (Å²) in [6, 6.07) is 19.6. The van der Waals surface area contributed by atoms with Gasteiger partial charge in [0.15, 0.2) is 0 Å². The summed E-state index contributed by atoms with van der Waals surface area (Å²) in [4.78, 5) is 0. The van der Waals surface area contributed by atoms with Gasteiger partial charge in [0.1, 0.15) is 0 Å². The van der Waals surface area contributed by atoms with Crippen LogP contribution in [0, 0.1) is 38.5 Å². The van der Waals surface area contributed by atoms with Crippen molar-refractivity contribution in [2.75, 3.05) is 0 Å². The Hall–Kier alpha value is -2.52. The fraction of sp³-hybridized carbons (Fsp3) is 0.400. The number of terminal acetylenes is 1. The molecule has 0 amide bonds. The second-order valence-electron chi connectivity index (χ2n) is 8.06. The average Bonchev–Trinajstić information content (AvgIpc) is 2.79. The zero-order valence-electron chi connectivity index (χ0n) is 19.6. The molecule has 2 aliphatic rings. The number of benzene rings is 2. The average molecular weight is 401 g/mol. The molecule has 0 radical (unpaired) electrons. The van der Waals surface area contributed by atoms with E-state index in [0.717, 1.165) is 11.8 Å². The summed E-state index contributed by atoms with van der Waals surface area (Å²) in [6.07, 6.45) is 20.4. The van der Waals surface area contributed by atoms with Gasteiger partial charge in [0.25, 0.3) is 0 Å². The Morgan fingerprint density at radius 1 is 0.800 bits per heavy atom. The third-order valence-electron chi connectivity index (χ3n) is 5.64. The van der Waals surface area contributed by atoms with Crippen molar-refractivity contribution >= 4 is 0 Å². The summed E-state index contributed by atoms with van der Waals surface area (Å²) in [5.41, 5.74) is 5.72. The van der Waals surface area contributed by atoms with E-state index in [1.807, 2.05) is 13.8 Å². The van der Waals surface area contributed by atoms with Crippen LogP contribution in [-0.4, -0.2) is 0 Å². The second kappa shape index (κ2) is 14.5. The van der Waals surface area contributed by atoms with Gasteiger partial charge in [0.05, 0.1) is 0 Å². The van der Waals surface area contributed by atoms with Gasteiger partial charge in [-0.25, -0.2) is 0 Å². The van der Waals surface area contributed by atoms with Crippen LogP contribution in [0.2, 0.25) is 0 Å². The summed E-state index contributed by atoms with van der Waals surface area (Å²) >= 11 is 0. The predicted molar refractivity (Wildman–Crippen MR) is 135 cm³/mol. The van der Waals surface area contributed by atoms with Crippen LogP contribution < -0.4 is 0 Å². The number of hydrogen-bond acceptors (Lipinski definition) is 0. The number of allylic oxidation sites excluding steroid dienone is 4. The van der Waals surface area contributed by atoms with Crippen LogP contribution >= 0.6 is 0 Å². The number of hydrogen-bond donors (Lipinski definition) is 0. The molecule has 1 fully saturated rings. The molecule has 1 unspecified atom stereocenters. The highest BCUT2D eigenvalue weighted by molar-refractivity contribution is 5.38. The first-order chi connectivity index (χ1) is 14.6. The minimum Gasteiger partial charge on any atom is -0.124 e. The summed E-state index contributed by atoms with van der Waals surface area (Å²) in [5.74, 6) is 2.42. The quantitative estimate of drug-likeness (QED) is 0.452. The van der Waals surface area contributed by atoms with E-state index < -0.39 is 0 Å². The molecular formula is C30H40. The molecule has 0 nitrogen and oxygen atoms in total. The fourth-order valence-corrected chi connectivity index (χ4v) is 4.14. The van der Waals surface area contributed by atoms with Crippen molar-refractivity contribution in [1.82, 2.24) is 0 Å². The molecule has 0 aliphatic heterocycles. The minimum absolute atomic E-state index is 0.638. The van der Waals surface area contributed by atoms with Gasteiger partial charge in [-0.3, -0.25) is 0 Å². The van der Waals surface area contributed by atoms with Crippen LogP contribution in [0.15, 0.2) is 78.4 Å². The molecule has 2 aromatic rings. The van der Waals surface area contributed by atoms with Crippen LogP contribution in [0.4, 0.5) is 0 Å². The molecular weight excluding hydrogens is 360 g/mol. The Morgan fingerprint density at radius 3 is 1.77 bits per heavy atom. The molecule has 0 heterocycles. The van der Waals surface area contributed by atoms with Crippen LogP contribution in [-0.2, 0) is 0 Å². The third-order valence-corrected chi connectivity index (χ3v) is 5.64. The largest absolute Gasteiger partial charge is 0.124 e. The lowest BCUT2D eigenvalue weighted by molar-refractivity contribution is 0.190. The fourth-order valence-electron chi connectivity index (χ4n) is 4.14.